The average Bonchev–Trinajstić information content (AvgIpc) is 2.48. The highest BCUT2D eigenvalue weighted by molar-refractivity contribution is 5.93. The lowest BCUT2D eigenvalue weighted by molar-refractivity contribution is -0.115. The Morgan fingerprint density at radius 2 is 2.05 bits per heavy atom. The lowest BCUT2D eigenvalue weighted by Gasteiger charge is -2.07. The molecule has 0 aliphatic carbocycles. The Kier molecular flexibility index (Phi) is 4.35. The summed E-state index contributed by atoms with van der Waals surface area (Å²) in [6.07, 6.45) is 0.233. The van der Waals surface area contributed by atoms with E-state index in [1.54, 1.807) is 31.4 Å². The van der Waals surface area contributed by atoms with Gasteiger partial charge < -0.3 is 10.1 Å². The molecule has 4 heteroatoms. The molecule has 1 amide bonds. The van der Waals surface area contributed by atoms with Crippen molar-refractivity contribution in [1.82, 2.24) is 0 Å². The van der Waals surface area contributed by atoms with Crippen LogP contribution in [0.3, 0.4) is 0 Å². The maximum atomic E-state index is 12.0. The molecule has 100 valence electrons. The summed E-state index contributed by atoms with van der Waals surface area (Å²) >= 11 is 0. The van der Waals surface area contributed by atoms with Gasteiger partial charge in [-0.1, -0.05) is 24.3 Å². The molecule has 2 aromatic rings. The Bertz CT molecular complexity index is 660. The molecule has 0 unspecified atom stereocenters. The van der Waals surface area contributed by atoms with Gasteiger partial charge in [-0.25, -0.2) is 0 Å². The maximum absolute atomic E-state index is 12.0. The molecular formula is C16H14N2O2. The SMILES string of the molecule is COc1cccc(CC(=O)Nc2ccccc2C#N)c1. The first kappa shape index (κ1) is 13.6. The Morgan fingerprint density at radius 1 is 1.25 bits per heavy atom. The first-order valence-corrected chi connectivity index (χ1v) is 6.15. The topological polar surface area (TPSA) is 62.1 Å². The Hall–Kier alpha value is -2.80. The van der Waals surface area contributed by atoms with E-state index in [4.69, 9.17) is 10.00 Å². The number of benzene rings is 2. The van der Waals surface area contributed by atoms with Crippen LogP contribution < -0.4 is 10.1 Å². The van der Waals surface area contributed by atoms with E-state index in [0.29, 0.717) is 17.0 Å². The predicted octanol–water partition coefficient (Wildman–Crippen LogP) is 2.75. The van der Waals surface area contributed by atoms with Gasteiger partial charge in [0.2, 0.25) is 5.91 Å². The standard InChI is InChI=1S/C16H14N2O2/c1-20-14-7-4-5-12(9-14)10-16(19)18-15-8-3-2-6-13(15)11-17/h2-9H,10H2,1H3,(H,18,19). The highest BCUT2D eigenvalue weighted by atomic mass is 16.5. The molecule has 0 aromatic heterocycles. The predicted molar refractivity (Wildman–Crippen MR) is 76.5 cm³/mol. The fraction of sp³-hybridized carbons (Fsp3) is 0.125. The number of carbonyl (C=O) groups is 1. The van der Waals surface area contributed by atoms with Gasteiger partial charge in [-0.3, -0.25) is 4.79 Å². The zero-order chi connectivity index (χ0) is 14.4. The Balaban J connectivity index is 2.07. The molecule has 0 radical (unpaired) electrons. The fourth-order valence-corrected chi connectivity index (χ4v) is 1.85. The molecule has 0 atom stereocenters. The van der Waals surface area contributed by atoms with Crippen molar-refractivity contribution in [2.45, 2.75) is 6.42 Å². The molecule has 2 aromatic carbocycles. The minimum atomic E-state index is -0.166. The minimum absolute atomic E-state index is 0.166. The highest BCUT2D eigenvalue weighted by Gasteiger charge is 2.07. The average molecular weight is 266 g/mol. The smallest absolute Gasteiger partial charge is 0.228 e. The second-order valence-corrected chi connectivity index (χ2v) is 4.23. The molecule has 0 fully saturated rings. The zero-order valence-corrected chi connectivity index (χ0v) is 11.1. The van der Waals surface area contributed by atoms with Crippen molar-refractivity contribution < 1.29 is 9.53 Å². The van der Waals surface area contributed by atoms with E-state index in [0.717, 1.165) is 5.56 Å². The molecule has 4 nitrogen and oxygen atoms in total. The number of hydrogen-bond acceptors (Lipinski definition) is 3. The van der Waals surface area contributed by atoms with Crippen LogP contribution in [-0.4, -0.2) is 13.0 Å². The third-order valence-electron chi connectivity index (χ3n) is 2.82. The Labute approximate surface area is 117 Å². The fourth-order valence-electron chi connectivity index (χ4n) is 1.85. The lowest BCUT2D eigenvalue weighted by atomic mass is 10.1. The number of para-hydroxylation sites is 1. The summed E-state index contributed by atoms with van der Waals surface area (Å²) < 4.78 is 5.12. The van der Waals surface area contributed by atoms with E-state index in [9.17, 15) is 4.79 Å². The van der Waals surface area contributed by atoms with Gasteiger partial charge >= 0.3 is 0 Å². The number of anilines is 1. The number of nitriles is 1. The van der Waals surface area contributed by atoms with Crippen LogP contribution in [0.1, 0.15) is 11.1 Å². The van der Waals surface area contributed by atoms with Crippen LogP contribution in [-0.2, 0) is 11.2 Å². The van der Waals surface area contributed by atoms with Crippen LogP contribution in [0.25, 0.3) is 0 Å². The number of methoxy groups -OCH3 is 1. The van der Waals surface area contributed by atoms with Gasteiger partial charge in [0.25, 0.3) is 0 Å². The molecule has 2 rings (SSSR count). The quantitative estimate of drug-likeness (QED) is 0.925. The van der Waals surface area contributed by atoms with Crippen LogP contribution in [0.2, 0.25) is 0 Å². The third kappa shape index (κ3) is 3.36. The molecule has 0 spiro atoms. The van der Waals surface area contributed by atoms with Gasteiger partial charge in [-0.05, 0) is 29.8 Å². The normalized spacial score (nSPS) is 9.60. The molecule has 0 saturated carbocycles. The van der Waals surface area contributed by atoms with E-state index in [-0.39, 0.29) is 12.3 Å². The van der Waals surface area contributed by atoms with E-state index >= 15 is 0 Å². The molecule has 0 aliphatic heterocycles. The van der Waals surface area contributed by atoms with Crippen LogP contribution in [0.15, 0.2) is 48.5 Å². The summed E-state index contributed by atoms with van der Waals surface area (Å²) in [4.78, 5) is 12.0. The van der Waals surface area contributed by atoms with Crippen molar-refractivity contribution in [2.75, 3.05) is 12.4 Å². The van der Waals surface area contributed by atoms with Crippen LogP contribution >= 0.6 is 0 Å². The summed E-state index contributed by atoms with van der Waals surface area (Å²) in [6.45, 7) is 0. The molecule has 1 N–H and O–H groups in total. The van der Waals surface area contributed by atoms with E-state index in [1.165, 1.54) is 0 Å². The first-order chi connectivity index (χ1) is 9.72. The summed E-state index contributed by atoms with van der Waals surface area (Å²) in [5, 5.41) is 11.7. The Morgan fingerprint density at radius 3 is 2.80 bits per heavy atom. The second kappa shape index (κ2) is 6.39. The summed E-state index contributed by atoms with van der Waals surface area (Å²) in [6, 6.07) is 16.3. The molecule has 20 heavy (non-hydrogen) atoms. The molecule has 0 heterocycles. The van der Waals surface area contributed by atoms with Gasteiger partial charge in [0.05, 0.1) is 24.8 Å². The van der Waals surface area contributed by atoms with Crippen molar-refractivity contribution in [1.29, 1.82) is 5.26 Å². The number of rotatable bonds is 4. The molecular weight excluding hydrogens is 252 g/mol. The van der Waals surface area contributed by atoms with Gasteiger partial charge in [0.15, 0.2) is 0 Å². The highest BCUT2D eigenvalue weighted by Crippen LogP contribution is 2.16. The number of carbonyl (C=O) groups excluding carboxylic acids is 1. The zero-order valence-electron chi connectivity index (χ0n) is 11.1. The maximum Gasteiger partial charge on any atom is 0.228 e. The number of nitrogens with zero attached hydrogens (tertiary/aromatic N) is 1. The van der Waals surface area contributed by atoms with Crippen molar-refractivity contribution >= 4 is 11.6 Å². The first-order valence-electron chi connectivity index (χ1n) is 6.15. The van der Waals surface area contributed by atoms with Crippen molar-refractivity contribution in [3.05, 3.63) is 59.7 Å². The number of amides is 1. The van der Waals surface area contributed by atoms with E-state index < -0.39 is 0 Å². The molecule has 0 saturated heterocycles. The lowest BCUT2D eigenvalue weighted by Crippen LogP contribution is -2.15. The van der Waals surface area contributed by atoms with Crippen LogP contribution in [0.4, 0.5) is 5.69 Å². The number of ether oxygens (including phenoxy) is 1. The van der Waals surface area contributed by atoms with Crippen LogP contribution in [0.5, 0.6) is 5.75 Å². The third-order valence-corrected chi connectivity index (χ3v) is 2.82. The van der Waals surface area contributed by atoms with Crippen molar-refractivity contribution in [2.24, 2.45) is 0 Å². The monoisotopic (exact) mass is 266 g/mol. The second-order valence-electron chi connectivity index (χ2n) is 4.23. The van der Waals surface area contributed by atoms with Gasteiger partial charge in [0, 0.05) is 0 Å². The molecule has 0 aliphatic rings. The summed E-state index contributed by atoms with van der Waals surface area (Å²) in [5.74, 6) is 0.550. The van der Waals surface area contributed by atoms with Crippen molar-refractivity contribution in [3.63, 3.8) is 0 Å². The van der Waals surface area contributed by atoms with E-state index in [2.05, 4.69) is 5.32 Å². The largest absolute Gasteiger partial charge is 0.497 e. The van der Waals surface area contributed by atoms with Gasteiger partial charge in [-0.2, -0.15) is 5.26 Å². The van der Waals surface area contributed by atoms with Crippen molar-refractivity contribution in [3.8, 4) is 11.8 Å². The van der Waals surface area contributed by atoms with Crippen LogP contribution in [0, 0.1) is 11.3 Å². The summed E-state index contributed by atoms with van der Waals surface area (Å²) in [7, 11) is 1.59. The van der Waals surface area contributed by atoms with Gasteiger partial charge in [-0.15, -0.1) is 0 Å². The summed E-state index contributed by atoms with van der Waals surface area (Å²) in [5.41, 5.74) is 1.84. The minimum Gasteiger partial charge on any atom is -0.497 e. The van der Waals surface area contributed by atoms with Gasteiger partial charge in [0.1, 0.15) is 11.8 Å². The molecule has 0 bridgehead atoms. The number of hydrogen-bond donors (Lipinski definition) is 1. The van der Waals surface area contributed by atoms with E-state index in [1.807, 2.05) is 30.3 Å². The number of nitrogens with one attached hydrogen (secondary N) is 1.